The topological polar surface area (TPSA) is 42.5 Å². The Hall–Kier alpha value is -2.56. The summed E-state index contributed by atoms with van der Waals surface area (Å²) in [7, 11) is 1.83. The zero-order valence-corrected chi connectivity index (χ0v) is 13.1. The number of aromatic nitrogens is 3. The third kappa shape index (κ3) is 2.50. The van der Waals surface area contributed by atoms with Crippen LogP contribution in [0.25, 0.3) is 11.3 Å². The van der Waals surface area contributed by atoms with Crippen molar-refractivity contribution in [3.05, 3.63) is 54.5 Å². The van der Waals surface area contributed by atoms with Gasteiger partial charge >= 0.3 is 0 Å². The average molecular weight is 296 g/mol. The first kappa shape index (κ1) is 14.4. The molecular formula is C17H20N4O. The molecule has 5 heteroatoms. The second-order valence-corrected chi connectivity index (χ2v) is 5.89. The van der Waals surface area contributed by atoms with Gasteiger partial charge in [0, 0.05) is 25.3 Å². The fourth-order valence-electron chi connectivity index (χ4n) is 2.69. The minimum atomic E-state index is -0.0166. The Morgan fingerprint density at radius 3 is 2.82 bits per heavy atom. The van der Waals surface area contributed by atoms with Crippen LogP contribution in [0, 0.1) is 5.92 Å². The maximum absolute atomic E-state index is 12.6. The van der Waals surface area contributed by atoms with Crippen LogP contribution in [0.1, 0.15) is 24.3 Å². The summed E-state index contributed by atoms with van der Waals surface area (Å²) in [6.45, 7) is 4.92. The van der Waals surface area contributed by atoms with E-state index in [0.29, 0.717) is 11.6 Å². The van der Waals surface area contributed by atoms with Gasteiger partial charge in [-0.3, -0.25) is 4.79 Å². The van der Waals surface area contributed by atoms with Crippen molar-refractivity contribution in [2.45, 2.75) is 13.8 Å². The molecule has 114 valence electrons. The first-order valence-corrected chi connectivity index (χ1v) is 7.44. The molecule has 22 heavy (non-hydrogen) atoms. The molecule has 0 radical (unpaired) electrons. The lowest BCUT2D eigenvalue weighted by Crippen LogP contribution is -2.31. The highest BCUT2D eigenvalue weighted by atomic mass is 16.2. The van der Waals surface area contributed by atoms with Gasteiger partial charge < -0.3 is 9.30 Å². The largest absolute Gasteiger partial charge is 0.340 e. The number of hydrogen-bond acceptors (Lipinski definition) is 2. The molecule has 0 aliphatic heterocycles. The molecule has 3 aromatic rings. The molecule has 3 heterocycles. The third-order valence-electron chi connectivity index (χ3n) is 3.61. The summed E-state index contributed by atoms with van der Waals surface area (Å²) < 4.78 is 3.72. The number of carbonyl (C=O) groups excluding carboxylic acids is 1. The zero-order valence-electron chi connectivity index (χ0n) is 13.1. The number of carbonyl (C=O) groups is 1. The van der Waals surface area contributed by atoms with E-state index in [1.807, 2.05) is 48.0 Å². The van der Waals surface area contributed by atoms with E-state index in [-0.39, 0.29) is 5.91 Å². The summed E-state index contributed by atoms with van der Waals surface area (Å²) in [5.41, 5.74) is 1.65. The van der Waals surface area contributed by atoms with Gasteiger partial charge in [0.05, 0.1) is 6.20 Å². The summed E-state index contributed by atoms with van der Waals surface area (Å²) in [6.07, 6.45) is 3.64. The molecule has 0 aliphatic carbocycles. The normalized spacial score (nSPS) is 11.3. The molecule has 0 saturated heterocycles. The fourth-order valence-corrected chi connectivity index (χ4v) is 2.69. The van der Waals surface area contributed by atoms with Gasteiger partial charge in [-0.15, -0.1) is 0 Å². The lowest BCUT2D eigenvalue weighted by atomic mass is 10.2. The Morgan fingerprint density at radius 2 is 2.05 bits per heavy atom. The van der Waals surface area contributed by atoms with Gasteiger partial charge in [-0.1, -0.05) is 19.9 Å². The van der Waals surface area contributed by atoms with Gasteiger partial charge in [0.1, 0.15) is 11.5 Å². The molecule has 1 amide bonds. The maximum atomic E-state index is 12.6. The molecule has 0 spiro atoms. The van der Waals surface area contributed by atoms with E-state index in [0.717, 1.165) is 17.9 Å². The van der Waals surface area contributed by atoms with Crippen molar-refractivity contribution in [1.82, 2.24) is 19.1 Å². The summed E-state index contributed by atoms with van der Waals surface area (Å²) in [5, 5.41) is 4.34. The highest BCUT2D eigenvalue weighted by Gasteiger charge is 2.19. The SMILES string of the molecule is CC(C)CN(C)C(=O)c1ccnn1-c1ccc2ccccn12. The second-order valence-electron chi connectivity index (χ2n) is 5.89. The molecular weight excluding hydrogens is 276 g/mol. The molecule has 3 aromatic heterocycles. The maximum Gasteiger partial charge on any atom is 0.272 e. The molecule has 0 bridgehead atoms. The Kier molecular flexibility index (Phi) is 3.71. The van der Waals surface area contributed by atoms with Crippen LogP contribution in [0.5, 0.6) is 0 Å². The standard InChI is InChI=1S/C17H20N4O/c1-13(2)12-19(3)17(22)15-9-10-18-21(15)16-8-7-14-6-4-5-11-20(14)16/h4-11,13H,12H2,1-3H3. The number of fused-ring (bicyclic) bond motifs is 1. The minimum Gasteiger partial charge on any atom is -0.340 e. The predicted molar refractivity (Wildman–Crippen MR) is 86.3 cm³/mol. The monoisotopic (exact) mass is 296 g/mol. The number of rotatable bonds is 4. The van der Waals surface area contributed by atoms with Gasteiger partial charge in [-0.2, -0.15) is 5.10 Å². The molecule has 0 aliphatic rings. The molecule has 0 saturated carbocycles. The predicted octanol–water partition coefficient (Wildman–Crippen LogP) is 2.85. The van der Waals surface area contributed by atoms with Crippen molar-refractivity contribution in [2.24, 2.45) is 5.92 Å². The quantitative estimate of drug-likeness (QED) is 0.743. The van der Waals surface area contributed by atoms with E-state index in [4.69, 9.17) is 0 Å². The van der Waals surface area contributed by atoms with Crippen LogP contribution in [0.4, 0.5) is 0 Å². The molecule has 0 N–H and O–H groups in total. The van der Waals surface area contributed by atoms with Crippen molar-refractivity contribution in [3.8, 4) is 5.82 Å². The molecule has 0 aromatic carbocycles. The van der Waals surface area contributed by atoms with Crippen LogP contribution in [-0.4, -0.2) is 38.6 Å². The van der Waals surface area contributed by atoms with Crippen molar-refractivity contribution in [3.63, 3.8) is 0 Å². The van der Waals surface area contributed by atoms with Crippen molar-refractivity contribution in [1.29, 1.82) is 0 Å². The highest BCUT2D eigenvalue weighted by Crippen LogP contribution is 2.16. The van der Waals surface area contributed by atoms with Crippen molar-refractivity contribution >= 4 is 11.4 Å². The van der Waals surface area contributed by atoms with Gasteiger partial charge in [0.25, 0.3) is 5.91 Å². The molecule has 0 unspecified atom stereocenters. The van der Waals surface area contributed by atoms with Crippen LogP contribution in [0.15, 0.2) is 48.8 Å². The van der Waals surface area contributed by atoms with E-state index in [2.05, 4.69) is 18.9 Å². The number of pyridine rings is 1. The number of nitrogens with zero attached hydrogens (tertiary/aromatic N) is 4. The average Bonchev–Trinajstić information content (AvgIpc) is 3.11. The summed E-state index contributed by atoms with van der Waals surface area (Å²) in [5.74, 6) is 1.28. The number of amides is 1. The Morgan fingerprint density at radius 1 is 1.23 bits per heavy atom. The Labute approximate surface area is 129 Å². The molecule has 3 rings (SSSR count). The molecule has 0 fully saturated rings. The van der Waals surface area contributed by atoms with Crippen LogP contribution in [-0.2, 0) is 0 Å². The molecule has 5 nitrogen and oxygen atoms in total. The van der Waals surface area contributed by atoms with Gasteiger partial charge in [-0.25, -0.2) is 4.68 Å². The smallest absolute Gasteiger partial charge is 0.272 e. The highest BCUT2D eigenvalue weighted by molar-refractivity contribution is 5.92. The summed E-state index contributed by atoms with van der Waals surface area (Å²) >= 11 is 0. The fraction of sp³-hybridized carbons (Fsp3) is 0.294. The van der Waals surface area contributed by atoms with E-state index >= 15 is 0 Å². The zero-order chi connectivity index (χ0) is 15.7. The Bertz CT molecular complexity index is 800. The van der Waals surface area contributed by atoms with Gasteiger partial charge in [0.15, 0.2) is 0 Å². The lowest BCUT2D eigenvalue weighted by Gasteiger charge is -2.19. The van der Waals surface area contributed by atoms with Crippen LogP contribution < -0.4 is 0 Å². The molecule has 0 atom stereocenters. The van der Waals surface area contributed by atoms with Gasteiger partial charge in [-0.05, 0) is 36.2 Å². The van der Waals surface area contributed by atoms with E-state index in [1.165, 1.54) is 0 Å². The van der Waals surface area contributed by atoms with Crippen LogP contribution in [0.3, 0.4) is 0 Å². The first-order valence-electron chi connectivity index (χ1n) is 7.44. The van der Waals surface area contributed by atoms with Crippen molar-refractivity contribution in [2.75, 3.05) is 13.6 Å². The van der Waals surface area contributed by atoms with E-state index in [1.54, 1.807) is 21.8 Å². The van der Waals surface area contributed by atoms with Crippen LogP contribution >= 0.6 is 0 Å². The van der Waals surface area contributed by atoms with Crippen molar-refractivity contribution < 1.29 is 4.79 Å². The van der Waals surface area contributed by atoms with Crippen LogP contribution in [0.2, 0.25) is 0 Å². The van der Waals surface area contributed by atoms with E-state index < -0.39 is 0 Å². The third-order valence-corrected chi connectivity index (χ3v) is 3.61. The lowest BCUT2D eigenvalue weighted by molar-refractivity contribution is 0.0770. The first-order chi connectivity index (χ1) is 10.6. The number of hydrogen-bond donors (Lipinski definition) is 0. The minimum absolute atomic E-state index is 0.0166. The summed E-state index contributed by atoms with van der Waals surface area (Å²) in [6, 6.07) is 11.7. The van der Waals surface area contributed by atoms with Gasteiger partial charge in [0.2, 0.25) is 0 Å². The van der Waals surface area contributed by atoms with E-state index in [9.17, 15) is 4.79 Å². The summed E-state index contributed by atoms with van der Waals surface area (Å²) in [4.78, 5) is 14.4. The Balaban J connectivity index is 2.00. The second kappa shape index (κ2) is 5.67.